The number of benzene rings is 1. The summed E-state index contributed by atoms with van der Waals surface area (Å²) in [6.45, 7) is 2.29. The van der Waals surface area contributed by atoms with E-state index in [9.17, 15) is 14.9 Å². The lowest BCUT2D eigenvalue weighted by Crippen LogP contribution is -2.56. The number of nitrogens with zero attached hydrogens (tertiary/aromatic N) is 4. The van der Waals surface area contributed by atoms with Crippen molar-refractivity contribution < 1.29 is 14.5 Å². The first-order valence-corrected chi connectivity index (χ1v) is 7.55. The van der Waals surface area contributed by atoms with Crippen molar-refractivity contribution in [1.82, 2.24) is 9.88 Å². The average molecular weight is 338 g/mol. The Kier molecular flexibility index (Phi) is 4.31. The van der Waals surface area contributed by atoms with Crippen LogP contribution >= 0.6 is 0 Å². The molecule has 0 N–H and O–H groups in total. The van der Waals surface area contributed by atoms with E-state index in [2.05, 4.69) is 4.98 Å². The van der Waals surface area contributed by atoms with E-state index < -0.39 is 4.92 Å². The molecule has 0 unspecified atom stereocenters. The molecule has 126 valence electrons. The molecule has 0 saturated carbocycles. The smallest absolute Gasteiger partial charge is 0.273 e. The van der Waals surface area contributed by atoms with E-state index in [0.717, 1.165) is 0 Å². The van der Waals surface area contributed by atoms with Gasteiger partial charge in [0.1, 0.15) is 6.10 Å². The number of hydrogen-bond acceptors (Lipinski definition) is 6. The van der Waals surface area contributed by atoms with Gasteiger partial charge >= 0.3 is 0 Å². The summed E-state index contributed by atoms with van der Waals surface area (Å²) in [4.78, 5) is 28.6. The predicted octanol–water partition coefficient (Wildman–Crippen LogP) is 2.07. The third kappa shape index (κ3) is 3.26. The molecular weight excluding hydrogens is 324 g/mol. The highest BCUT2D eigenvalue weighted by molar-refractivity contribution is 5.97. The Labute approximate surface area is 143 Å². The summed E-state index contributed by atoms with van der Waals surface area (Å²) in [6.07, 6.45) is 1.27. The second kappa shape index (κ2) is 6.57. The van der Waals surface area contributed by atoms with Crippen LogP contribution in [0.25, 0.3) is 0 Å². The molecule has 1 fully saturated rings. The van der Waals surface area contributed by atoms with Crippen LogP contribution in [0.2, 0.25) is 0 Å². The topological polar surface area (TPSA) is 109 Å². The molecular formula is C17H14N4O4. The molecule has 1 aliphatic heterocycles. The molecule has 1 aromatic carbocycles. The summed E-state index contributed by atoms with van der Waals surface area (Å²) in [5, 5.41) is 19.8. The first-order valence-electron chi connectivity index (χ1n) is 7.55. The van der Waals surface area contributed by atoms with E-state index in [0.29, 0.717) is 35.7 Å². The first kappa shape index (κ1) is 16.4. The van der Waals surface area contributed by atoms with Gasteiger partial charge in [0.25, 0.3) is 11.6 Å². The zero-order valence-corrected chi connectivity index (χ0v) is 13.4. The Bertz CT molecular complexity index is 884. The number of pyridine rings is 1. The van der Waals surface area contributed by atoms with Crippen molar-refractivity contribution in [2.45, 2.75) is 13.0 Å². The Balaban J connectivity index is 1.65. The van der Waals surface area contributed by atoms with Gasteiger partial charge in [0.15, 0.2) is 0 Å². The molecule has 8 heteroatoms. The van der Waals surface area contributed by atoms with Crippen molar-refractivity contribution in [3.05, 3.63) is 63.3 Å². The third-order valence-corrected chi connectivity index (χ3v) is 4.02. The minimum atomic E-state index is -0.498. The molecule has 1 aromatic heterocycles. The normalized spacial score (nSPS) is 13.7. The second-order valence-corrected chi connectivity index (χ2v) is 5.65. The van der Waals surface area contributed by atoms with Crippen molar-refractivity contribution in [3.63, 3.8) is 0 Å². The van der Waals surface area contributed by atoms with Crippen LogP contribution in [0, 0.1) is 28.4 Å². The molecule has 0 bridgehead atoms. The highest BCUT2D eigenvalue weighted by Gasteiger charge is 2.34. The van der Waals surface area contributed by atoms with Crippen LogP contribution in [0.1, 0.15) is 21.5 Å². The molecule has 8 nitrogen and oxygen atoms in total. The molecule has 1 aliphatic rings. The highest BCUT2D eigenvalue weighted by atomic mass is 16.6. The second-order valence-electron chi connectivity index (χ2n) is 5.65. The molecule has 25 heavy (non-hydrogen) atoms. The van der Waals surface area contributed by atoms with E-state index in [-0.39, 0.29) is 17.7 Å². The van der Waals surface area contributed by atoms with Crippen molar-refractivity contribution >= 4 is 11.6 Å². The van der Waals surface area contributed by atoms with E-state index in [1.165, 1.54) is 24.4 Å². The molecule has 2 aromatic rings. The van der Waals surface area contributed by atoms with Crippen LogP contribution in [0.5, 0.6) is 5.88 Å². The molecule has 0 radical (unpaired) electrons. The molecule has 1 saturated heterocycles. The number of nitro benzene ring substituents is 1. The number of nitriles is 1. The van der Waals surface area contributed by atoms with E-state index in [1.54, 1.807) is 24.0 Å². The number of likely N-dealkylation sites (tertiary alicyclic amines) is 1. The lowest BCUT2D eigenvalue weighted by molar-refractivity contribution is -0.385. The van der Waals surface area contributed by atoms with Gasteiger partial charge < -0.3 is 9.64 Å². The quantitative estimate of drug-likeness (QED) is 0.623. The van der Waals surface area contributed by atoms with Gasteiger partial charge in [-0.1, -0.05) is 6.07 Å². The van der Waals surface area contributed by atoms with Crippen LogP contribution < -0.4 is 4.74 Å². The maximum atomic E-state index is 12.5. The van der Waals surface area contributed by atoms with E-state index in [1.807, 2.05) is 6.07 Å². The van der Waals surface area contributed by atoms with Gasteiger partial charge in [0, 0.05) is 29.5 Å². The number of amides is 1. The van der Waals surface area contributed by atoms with Crippen LogP contribution in [0.15, 0.2) is 36.5 Å². The van der Waals surface area contributed by atoms with E-state index in [4.69, 9.17) is 10.00 Å². The number of rotatable bonds is 4. The molecule has 3 rings (SSSR count). The van der Waals surface area contributed by atoms with Crippen LogP contribution in [0.4, 0.5) is 5.69 Å². The monoisotopic (exact) mass is 338 g/mol. The van der Waals surface area contributed by atoms with Crippen molar-refractivity contribution in [1.29, 1.82) is 5.26 Å². The number of carbonyl (C=O) groups excluding carboxylic acids is 1. The molecule has 1 amide bonds. The minimum absolute atomic E-state index is 0.0725. The zero-order chi connectivity index (χ0) is 18.0. The minimum Gasteiger partial charge on any atom is -0.471 e. The van der Waals surface area contributed by atoms with Gasteiger partial charge in [-0.15, -0.1) is 0 Å². The van der Waals surface area contributed by atoms with Gasteiger partial charge in [-0.25, -0.2) is 4.98 Å². The maximum Gasteiger partial charge on any atom is 0.273 e. The average Bonchev–Trinajstić information content (AvgIpc) is 2.57. The molecule has 2 heterocycles. The zero-order valence-electron chi connectivity index (χ0n) is 13.4. The van der Waals surface area contributed by atoms with Crippen LogP contribution in [0.3, 0.4) is 0 Å². The standard InChI is InChI=1S/C17H14N4O4/c1-11-14(3-2-4-15(11)21(23)24)17(22)20-9-13(10-20)25-16-7-12(8-18)5-6-19-16/h2-7,13H,9-10H2,1H3. The van der Waals surface area contributed by atoms with Crippen molar-refractivity contribution in [2.24, 2.45) is 0 Å². The summed E-state index contributed by atoms with van der Waals surface area (Å²) < 4.78 is 5.64. The fourth-order valence-corrected chi connectivity index (χ4v) is 2.62. The fourth-order valence-electron chi connectivity index (χ4n) is 2.62. The van der Waals surface area contributed by atoms with Gasteiger partial charge in [-0.05, 0) is 19.1 Å². The van der Waals surface area contributed by atoms with Gasteiger partial charge in [-0.2, -0.15) is 5.26 Å². The summed E-state index contributed by atoms with van der Waals surface area (Å²) in [5.41, 5.74) is 1.05. The summed E-state index contributed by atoms with van der Waals surface area (Å²) >= 11 is 0. The summed E-state index contributed by atoms with van der Waals surface area (Å²) in [5.74, 6) is 0.0717. The molecule has 0 spiro atoms. The fraction of sp³-hybridized carbons (Fsp3) is 0.235. The Morgan fingerprint density at radius 1 is 1.44 bits per heavy atom. The molecule has 0 atom stereocenters. The SMILES string of the molecule is Cc1c(C(=O)N2CC(Oc3cc(C#N)ccn3)C2)cccc1[N+](=O)[O-]. The number of carbonyl (C=O) groups is 1. The third-order valence-electron chi connectivity index (χ3n) is 4.02. The lowest BCUT2D eigenvalue weighted by atomic mass is 10.0. The number of ether oxygens (including phenoxy) is 1. The Morgan fingerprint density at radius 2 is 2.20 bits per heavy atom. The molecule has 0 aliphatic carbocycles. The van der Waals surface area contributed by atoms with Crippen LogP contribution in [-0.4, -0.2) is 39.9 Å². The maximum absolute atomic E-state index is 12.5. The first-order chi connectivity index (χ1) is 12.0. The van der Waals surface area contributed by atoms with Gasteiger partial charge in [0.2, 0.25) is 5.88 Å². The summed E-state index contributed by atoms with van der Waals surface area (Å²) in [6, 6.07) is 9.58. The van der Waals surface area contributed by atoms with Crippen molar-refractivity contribution in [2.75, 3.05) is 13.1 Å². The van der Waals surface area contributed by atoms with Gasteiger partial charge in [0.05, 0.1) is 29.6 Å². The number of aromatic nitrogens is 1. The number of nitro groups is 1. The Hall–Kier alpha value is -3.47. The van der Waals surface area contributed by atoms with Crippen LogP contribution in [-0.2, 0) is 0 Å². The highest BCUT2D eigenvalue weighted by Crippen LogP contribution is 2.25. The van der Waals surface area contributed by atoms with E-state index >= 15 is 0 Å². The largest absolute Gasteiger partial charge is 0.471 e. The summed E-state index contributed by atoms with van der Waals surface area (Å²) in [7, 11) is 0. The van der Waals surface area contributed by atoms with Crippen molar-refractivity contribution in [3.8, 4) is 11.9 Å². The predicted molar refractivity (Wildman–Crippen MR) is 87.1 cm³/mol. The van der Waals surface area contributed by atoms with Gasteiger partial charge in [-0.3, -0.25) is 14.9 Å². The Morgan fingerprint density at radius 3 is 2.88 bits per heavy atom. The lowest BCUT2D eigenvalue weighted by Gasteiger charge is -2.38. The number of hydrogen-bond donors (Lipinski definition) is 0.